The summed E-state index contributed by atoms with van der Waals surface area (Å²) in [4.78, 5) is 4.46. The average molecular weight is 259 g/mol. The molecule has 1 aliphatic rings. The van der Waals surface area contributed by atoms with Crippen LogP contribution >= 0.6 is 0 Å². The molecule has 1 aromatic carbocycles. The van der Waals surface area contributed by atoms with Crippen molar-refractivity contribution in [2.24, 2.45) is 5.73 Å². The van der Waals surface area contributed by atoms with E-state index in [-0.39, 0.29) is 0 Å². The number of hydrogen-bond acceptors (Lipinski definition) is 5. The van der Waals surface area contributed by atoms with Gasteiger partial charge in [-0.1, -0.05) is 30.1 Å². The fraction of sp³-hybridized carbons (Fsp3) is 0.429. The second-order valence-corrected chi connectivity index (χ2v) is 4.99. The molecule has 1 saturated carbocycles. The highest BCUT2D eigenvalue weighted by Crippen LogP contribution is 2.36. The highest BCUT2D eigenvalue weighted by atomic mass is 16.5. The Hall–Kier alpha value is -1.88. The van der Waals surface area contributed by atoms with Crippen LogP contribution in [0, 0.1) is 0 Å². The van der Waals surface area contributed by atoms with Gasteiger partial charge in [0.1, 0.15) is 5.75 Å². The van der Waals surface area contributed by atoms with Gasteiger partial charge < -0.3 is 15.0 Å². The van der Waals surface area contributed by atoms with Crippen molar-refractivity contribution in [1.29, 1.82) is 0 Å². The van der Waals surface area contributed by atoms with Crippen molar-refractivity contribution in [1.82, 2.24) is 10.1 Å². The minimum absolute atomic E-state index is 0.451. The fourth-order valence-corrected chi connectivity index (χ4v) is 2.58. The number of benzene rings is 1. The van der Waals surface area contributed by atoms with Gasteiger partial charge in [-0.05, 0) is 25.0 Å². The Morgan fingerprint density at radius 3 is 2.74 bits per heavy atom. The molecule has 3 rings (SSSR count). The molecule has 0 radical (unpaired) electrons. The molecule has 5 heteroatoms. The molecular formula is C14H17N3O2. The number of aromatic nitrogens is 2. The van der Waals surface area contributed by atoms with Gasteiger partial charge in [-0.2, -0.15) is 4.98 Å². The van der Waals surface area contributed by atoms with Crippen molar-refractivity contribution >= 4 is 0 Å². The first-order valence-corrected chi connectivity index (χ1v) is 6.49. The monoisotopic (exact) mass is 259 g/mol. The maximum atomic E-state index is 6.31. The summed E-state index contributed by atoms with van der Waals surface area (Å²) < 4.78 is 10.7. The van der Waals surface area contributed by atoms with Gasteiger partial charge in [0, 0.05) is 0 Å². The van der Waals surface area contributed by atoms with Gasteiger partial charge in [0.2, 0.25) is 11.7 Å². The number of hydrogen-bond donors (Lipinski definition) is 1. The zero-order chi connectivity index (χ0) is 13.3. The summed E-state index contributed by atoms with van der Waals surface area (Å²) in [6.45, 7) is 0. The van der Waals surface area contributed by atoms with E-state index in [4.69, 9.17) is 15.0 Å². The lowest BCUT2D eigenvalue weighted by atomic mass is 9.99. The van der Waals surface area contributed by atoms with Gasteiger partial charge in [-0.25, -0.2) is 0 Å². The molecular weight excluding hydrogens is 242 g/mol. The van der Waals surface area contributed by atoms with Gasteiger partial charge in [-0.15, -0.1) is 0 Å². The number of nitrogens with zero attached hydrogens (tertiary/aromatic N) is 2. The third kappa shape index (κ3) is 2.10. The van der Waals surface area contributed by atoms with Crippen LogP contribution in [-0.4, -0.2) is 17.3 Å². The van der Waals surface area contributed by atoms with Crippen LogP contribution in [0.2, 0.25) is 0 Å². The third-order valence-corrected chi connectivity index (χ3v) is 3.70. The number of methoxy groups -OCH3 is 1. The minimum Gasteiger partial charge on any atom is -0.496 e. The molecule has 1 aromatic heterocycles. The minimum atomic E-state index is -0.451. The Morgan fingerprint density at radius 1 is 1.26 bits per heavy atom. The standard InChI is InChI=1S/C14H17N3O2/c1-18-11-7-3-2-6-10(11)12-16-13(19-17-12)14(15)8-4-5-9-14/h2-3,6-7H,4-5,8-9,15H2,1H3. The number of para-hydroxylation sites is 1. The predicted molar refractivity (Wildman–Crippen MR) is 70.6 cm³/mol. The van der Waals surface area contributed by atoms with Crippen LogP contribution < -0.4 is 10.5 Å². The molecule has 0 aliphatic heterocycles. The predicted octanol–water partition coefficient (Wildman–Crippen LogP) is 2.47. The van der Waals surface area contributed by atoms with E-state index in [0.717, 1.165) is 37.0 Å². The molecule has 5 nitrogen and oxygen atoms in total. The topological polar surface area (TPSA) is 74.2 Å². The van der Waals surface area contributed by atoms with Gasteiger partial charge in [-0.3, -0.25) is 0 Å². The van der Waals surface area contributed by atoms with E-state index in [1.807, 2.05) is 24.3 Å². The lowest BCUT2D eigenvalue weighted by Crippen LogP contribution is -2.33. The van der Waals surface area contributed by atoms with E-state index < -0.39 is 5.54 Å². The Bertz CT molecular complexity index is 574. The fourth-order valence-electron chi connectivity index (χ4n) is 2.58. The summed E-state index contributed by atoms with van der Waals surface area (Å²) >= 11 is 0. The molecule has 0 spiro atoms. The molecule has 19 heavy (non-hydrogen) atoms. The Morgan fingerprint density at radius 2 is 2.00 bits per heavy atom. The van der Waals surface area contributed by atoms with Crippen molar-refractivity contribution < 1.29 is 9.26 Å². The third-order valence-electron chi connectivity index (χ3n) is 3.70. The van der Waals surface area contributed by atoms with Gasteiger partial charge in [0.25, 0.3) is 0 Å². The molecule has 1 fully saturated rings. The Labute approximate surface area is 111 Å². The summed E-state index contributed by atoms with van der Waals surface area (Å²) in [5, 5.41) is 4.04. The van der Waals surface area contributed by atoms with E-state index >= 15 is 0 Å². The molecule has 1 heterocycles. The zero-order valence-electron chi connectivity index (χ0n) is 10.9. The summed E-state index contributed by atoms with van der Waals surface area (Å²) in [6, 6.07) is 7.61. The van der Waals surface area contributed by atoms with Gasteiger partial charge >= 0.3 is 0 Å². The molecule has 2 N–H and O–H groups in total. The van der Waals surface area contributed by atoms with Crippen LogP contribution in [-0.2, 0) is 5.54 Å². The highest BCUT2D eigenvalue weighted by molar-refractivity contribution is 5.63. The normalized spacial score (nSPS) is 17.6. The van der Waals surface area contributed by atoms with Crippen LogP contribution in [0.1, 0.15) is 31.6 Å². The van der Waals surface area contributed by atoms with Crippen LogP contribution in [0.15, 0.2) is 28.8 Å². The molecule has 0 saturated heterocycles. The molecule has 0 unspecified atom stereocenters. The zero-order valence-corrected chi connectivity index (χ0v) is 10.9. The highest BCUT2D eigenvalue weighted by Gasteiger charge is 2.37. The van der Waals surface area contributed by atoms with E-state index in [1.54, 1.807) is 7.11 Å². The first-order valence-electron chi connectivity index (χ1n) is 6.49. The second-order valence-electron chi connectivity index (χ2n) is 4.99. The molecule has 2 aromatic rings. The quantitative estimate of drug-likeness (QED) is 0.916. The van der Waals surface area contributed by atoms with E-state index in [9.17, 15) is 0 Å². The lowest BCUT2D eigenvalue weighted by molar-refractivity contribution is 0.285. The van der Waals surface area contributed by atoms with Gasteiger partial charge in [0.05, 0.1) is 18.2 Å². The first kappa shape index (κ1) is 12.2. The van der Waals surface area contributed by atoms with Crippen LogP contribution in [0.5, 0.6) is 5.75 Å². The molecule has 0 amide bonds. The van der Waals surface area contributed by atoms with Crippen molar-refractivity contribution in [2.45, 2.75) is 31.2 Å². The summed E-state index contributed by atoms with van der Waals surface area (Å²) in [7, 11) is 1.63. The molecule has 100 valence electrons. The van der Waals surface area contributed by atoms with Crippen LogP contribution in [0.25, 0.3) is 11.4 Å². The Kier molecular flexibility index (Phi) is 2.98. The van der Waals surface area contributed by atoms with E-state index in [2.05, 4.69) is 10.1 Å². The van der Waals surface area contributed by atoms with Gasteiger partial charge in [0.15, 0.2) is 0 Å². The summed E-state index contributed by atoms with van der Waals surface area (Å²) in [6.07, 6.45) is 4.03. The van der Waals surface area contributed by atoms with Crippen LogP contribution in [0.4, 0.5) is 0 Å². The average Bonchev–Trinajstić information content (AvgIpc) is 3.08. The lowest BCUT2D eigenvalue weighted by Gasteiger charge is -2.17. The summed E-state index contributed by atoms with van der Waals surface area (Å²) in [5.41, 5.74) is 6.68. The Balaban J connectivity index is 1.97. The SMILES string of the molecule is COc1ccccc1-c1noc(C2(N)CCCC2)n1. The van der Waals surface area contributed by atoms with Crippen molar-refractivity contribution in [3.8, 4) is 17.1 Å². The first-order chi connectivity index (χ1) is 9.23. The van der Waals surface area contributed by atoms with E-state index in [1.165, 1.54) is 0 Å². The number of ether oxygens (including phenoxy) is 1. The summed E-state index contributed by atoms with van der Waals surface area (Å²) in [5.74, 6) is 1.79. The molecule has 0 bridgehead atoms. The van der Waals surface area contributed by atoms with E-state index in [0.29, 0.717) is 11.7 Å². The largest absolute Gasteiger partial charge is 0.496 e. The molecule has 1 aliphatic carbocycles. The molecule has 0 atom stereocenters. The maximum absolute atomic E-state index is 6.31. The van der Waals surface area contributed by atoms with Crippen molar-refractivity contribution in [3.05, 3.63) is 30.2 Å². The van der Waals surface area contributed by atoms with Crippen molar-refractivity contribution in [3.63, 3.8) is 0 Å². The second kappa shape index (κ2) is 4.66. The number of nitrogens with two attached hydrogens (primary N) is 1. The van der Waals surface area contributed by atoms with Crippen LogP contribution in [0.3, 0.4) is 0 Å². The van der Waals surface area contributed by atoms with Crippen molar-refractivity contribution in [2.75, 3.05) is 7.11 Å². The number of rotatable bonds is 3. The smallest absolute Gasteiger partial charge is 0.247 e. The maximum Gasteiger partial charge on any atom is 0.247 e.